The molecule has 2 aliphatic rings. The Morgan fingerprint density at radius 2 is 1.69 bits per heavy atom. The first-order valence-electron chi connectivity index (χ1n) is 11.3. The number of hydrogen-bond acceptors (Lipinski definition) is 6. The molecule has 0 N–H and O–H groups in total. The fraction of sp³-hybridized carbons (Fsp3) is 0.400. The molecule has 0 atom stereocenters. The largest absolute Gasteiger partial charge is 0.379 e. The average molecular weight is 435 g/mol. The van der Waals surface area contributed by atoms with Crippen LogP contribution in [0, 0.1) is 0 Å². The minimum atomic E-state index is -0.202. The molecule has 1 fully saturated rings. The Morgan fingerprint density at radius 3 is 2.38 bits per heavy atom. The van der Waals surface area contributed by atoms with Crippen molar-refractivity contribution < 1.29 is 14.3 Å². The monoisotopic (exact) mass is 434 g/mol. The molecule has 0 aliphatic carbocycles. The van der Waals surface area contributed by atoms with Crippen LogP contribution in [-0.2, 0) is 20.7 Å². The standard InChI is InChI=1S/C25H30N4O3/c1-2-28(13-10-20-8-11-26-12-9-20)23-22(21-6-4-3-5-7-21)24(30)29(25(23)31)15-14-27-16-18-32-19-17-27/h3-9,11-12H,2,10,13-19H2,1H3. The Balaban J connectivity index is 1.58. The van der Waals surface area contributed by atoms with E-state index >= 15 is 0 Å². The molecule has 0 unspecified atom stereocenters. The number of benzene rings is 1. The zero-order valence-corrected chi connectivity index (χ0v) is 18.6. The fourth-order valence-electron chi connectivity index (χ4n) is 4.23. The number of likely N-dealkylation sites (N-methyl/N-ethyl adjacent to an activating group) is 1. The van der Waals surface area contributed by atoms with Crippen LogP contribution in [0.3, 0.4) is 0 Å². The van der Waals surface area contributed by atoms with E-state index in [-0.39, 0.29) is 11.8 Å². The SMILES string of the molecule is CCN(CCc1ccncc1)C1=C(c2ccccc2)C(=O)N(CCN2CCOCC2)C1=O. The van der Waals surface area contributed by atoms with Gasteiger partial charge in [0.15, 0.2) is 0 Å². The minimum Gasteiger partial charge on any atom is -0.379 e. The van der Waals surface area contributed by atoms with E-state index < -0.39 is 0 Å². The molecule has 2 aliphatic heterocycles. The van der Waals surface area contributed by atoms with Gasteiger partial charge in [-0.3, -0.25) is 24.4 Å². The van der Waals surface area contributed by atoms with Crippen LogP contribution in [0.2, 0.25) is 0 Å². The van der Waals surface area contributed by atoms with Gasteiger partial charge in [-0.05, 0) is 36.6 Å². The number of carbonyl (C=O) groups is 2. The second-order valence-electron chi connectivity index (χ2n) is 7.99. The van der Waals surface area contributed by atoms with E-state index in [0.717, 1.165) is 30.6 Å². The number of aromatic nitrogens is 1. The lowest BCUT2D eigenvalue weighted by atomic mass is 10.0. The molecule has 0 saturated carbocycles. The normalized spacial score (nSPS) is 17.3. The zero-order valence-electron chi connectivity index (χ0n) is 18.6. The van der Waals surface area contributed by atoms with Gasteiger partial charge in [-0.1, -0.05) is 30.3 Å². The Kier molecular flexibility index (Phi) is 7.29. The van der Waals surface area contributed by atoms with E-state index in [0.29, 0.717) is 50.7 Å². The third-order valence-corrected chi connectivity index (χ3v) is 6.07. The summed E-state index contributed by atoms with van der Waals surface area (Å²) in [6.07, 6.45) is 4.33. The lowest BCUT2D eigenvalue weighted by Gasteiger charge is -2.28. The smallest absolute Gasteiger partial charge is 0.277 e. The number of amides is 2. The summed E-state index contributed by atoms with van der Waals surface area (Å²) in [7, 11) is 0. The number of imide groups is 1. The second-order valence-corrected chi connectivity index (χ2v) is 7.99. The zero-order chi connectivity index (χ0) is 22.3. The molecule has 168 valence electrons. The molecule has 4 rings (SSSR count). The van der Waals surface area contributed by atoms with Gasteiger partial charge in [0.25, 0.3) is 11.8 Å². The van der Waals surface area contributed by atoms with E-state index in [1.54, 1.807) is 12.4 Å². The van der Waals surface area contributed by atoms with Crippen molar-refractivity contribution in [2.24, 2.45) is 0 Å². The van der Waals surface area contributed by atoms with Crippen molar-refractivity contribution in [3.05, 3.63) is 71.7 Å². The first kappa shape index (κ1) is 22.2. The summed E-state index contributed by atoms with van der Waals surface area (Å²) in [6, 6.07) is 13.5. The number of pyridine rings is 1. The number of morpholine rings is 1. The Hall–Kier alpha value is -3.03. The highest BCUT2D eigenvalue weighted by molar-refractivity contribution is 6.35. The third kappa shape index (κ3) is 4.89. The van der Waals surface area contributed by atoms with Crippen molar-refractivity contribution in [1.29, 1.82) is 0 Å². The van der Waals surface area contributed by atoms with Crippen molar-refractivity contribution >= 4 is 17.4 Å². The maximum Gasteiger partial charge on any atom is 0.277 e. The molecular formula is C25H30N4O3. The minimum absolute atomic E-state index is 0.196. The van der Waals surface area contributed by atoms with Crippen LogP contribution in [-0.4, -0.2) is 84.0 Å². The van der Waals surface area contributed by atoms with E-state index in [1.807, 2.05) is 54.3 Å². The molecule has 0 spiro atoms. The van der Waals surface area contributed by atoms with Crippen LogP contribution >= 0.6 is 0 Å². The Bertz CT molecular complexity index is 956. The second kappa shape index (κ2) is 10.5. The van der Waals surface area contributed by atoms with Gasteiger partial charge in [0.05, 0.1) is 18.8 Å². The number of carbonyl (C=O) groups excluding carboxylic acids is 2. The summed E-state index contributed by atoms with van der Waals surface area (Å²) in [5.41, 5.74) is 2.97. The van der Waals surface area contributed by atoms with Crippen LogP contribution < -0.4 is 0 Å². The number of rotatable bonds is 9. The van der Waals surface area contributed by atoms with Gasteiger partial charge in [-0.25, -0.2) is 0 Å². The molecule has 2 amide bonds. The fourth-order valence-corrected chi connectivity index (χ4v) is 4.23. The van der Waals surface area contributed by atoms with Gasteiger partial charge in [0, 0.05) is 51.7 Å². The highest BCUT2D eigenvalue weighted by Gasteiger charge is 2.41. The van der Waals surface area contributed by atoms with Crippen LogP contribution in [0.5, 0.6) is 0 Å². The van der Waals surface area contributed by atoms with E-state index in [2.05, 4.69) is 9.88 Å². The van der Waals surface area contributed by atoms with Gasteiger partial charge < -0.3 is 9.64 Å². The summed E-state index contributed by atoms with van der Waals surface area (Å²) in [6.45, 7) is 7.42. The van der Waals surface area contributed by atoms with Crippen molar-refractivity contribution in [2.45, 2.75) is 13.3 Å². The number of nitrogens with zero attached hydrogens (tertiary/aromatic N) is 4. The van der Waals surface area contributed by atoms with Gasteiger partial charge in [-0.15, -0.1) is 0 Å². The van der Waals surface area contributed by atoms with Crippen LogP contribution in [0.1, 0.15) is 18.1 Å². The molecule has 32 heavy (non-hydrogen) atoms. The van der Waals surface area contributed by atoms with Crippen molar-refractivity contribution in [2.75, 3.05) is 52.5 Å². The summed E-state index contributed by atoms with van der Waals surface area (Å²) in [5.74, 6) is -0.398. The predicted molar refractivity (Wildman–Crippen MR) is 123 cm³/mol. The van der Waals surface area contributed by atoms with E-state index in [1.165, 1.54) is 4.90 Å². The Morgan fingerprint density at radius 1 is 0.969 bits per heavy atom. The lowest BCUT2D eigenvalue weighted by molar-refractivity contribution is -0.138. The van der Waals surface area contributed by atoms with Crippen LogP contribution in [0.4, 0.5) is 0 Å². The van der Waals surface area contributed by atoms with Gasteiger partial charge >= 0.3 is 0 Å². The molecule has 1 saturated heterocycles. The molecule has 3 heterocycles. The van der Waals surface area contributed by atoms with E-state index in [4.69, 9.17) is 4.74 Å². The van der Waals surface area contributed by atoms with Crippen LogP contribution in [0.15, 0.2) is 60.6 Å². The molecular weight excluding hydrogens is 404 g/mol. The lowest BCUT2D eigenvalue weighted by Crippen LogP contribution is -2.44. The van der Waals surface area contributed by atoms with Crippen molar-refractivity contribution in [3.63, 3.8) is 0 Å². The number of hydrogen-bond donors (Lipinski definition) is 0. The average Bonchev–Trinajstić information content (AvgIpc) is 3.09. The first-order chi connectivity index (χ1) is 15.7. The topological polar surface area (TPSA) is 66.0 Å². The third-order valence-electron chi connectivity index (χ3n) is 6.07. The molecule has 1 aromatic heterocycles. The molecule has 7 nitrogen and oxygen atoms in total. The maximum absolute atomic E-state index is 13.5. The van der Waals surface area contributed by atoms with E-state index in [9.17, 15) is 9.59 Å². The van der Waals surface area contributed by atoms with Gasteiger partial charge in [-0.2, -0.15) is 0 Å². The first-order valence-corrected chi connectivity index (χ1v) is 11.3. The maximum atomic E-state index is 13.5. The summed E-state index contributed by atoms with van der Waals surface area (Å²) in [5, 5.41) is 0. The molecule has 0 radical (unpaired) electrons. The summed E-state index contributed by atoms with van der Waals surface area (Å²) < 4.78 is 5.41. The predicted octanol–water partition coefficient (Wildman–Crippen LogP) is 2.06. The highest BCUT2D eigenvalue weighted by atomic mass is 16.5. The summed E-state index contributed by atoms with van der Waals surface area (Å²) in [4.78, 5) is 36.8. The summed E-state index contributed by atoms with van der Waals surface area (Å²) >= 11 is 0. The van der Waals surface area contributed by atoms with Crippen LogP contribution in [0.25, 0.3) is 5.57 Å². The molecule has 7 heteroatoms. The van der Waals surface area contributed by atoms with Gasteiger partial charge in [0.1, 0.15) is 5.70 Å². The Labute approximate surface area is 189 Å². The van der Waals surface area contributed by atoms with Crippen molar-refractivity contribution in [3.8, 4) is 0 Å². The number of ether oxygens (including phenoxy) is 1. The molecule has 0 bridgehead atoms. The highest BCUT2D eigenvalue weighted by Crippen LogP contribution is 2.31. The molecule has 1 aromatic carbocycles. The van der Waals surface area contributed by atoms with Gasteiger partial charge in [0.2, 0.25) is 0 Å². The quantitative estimate of drug-likeness (QED) is 0.563. The molecule has 2 aromatic rings. The van der Waals surface area contributed by atoms with Crippen molar-refractivity contribution in [1.82, 2.24) is 19.7 Å².